The average molecular weight is 655 g/mol. The number of aliphatic carboxylic acids is 1. The largest absolute Gasteiger partial charge is 0.481 e. The molecule has 1 N–H and O–H groups in total. The molecule has 2 aromatic rings. The number of piperidine rings is 1. The Morgan fingerprint density at radius 2 is 1.36 bits per heavy atom. The molecule has 240 valence electrons. The molecule has 3 atom stereocenters. The molecule has 0 radical (unpaired) electrons. The van der Waals surface area contributed by atoms with Crippen molar-refractivity contribution in [2.24, 2.45) is 5.92 Å². The predicted octanol–water partition coefficient (Wildman–Crippen LogP) is 5.94. The second-order valence-electron chi connectivity index (χ2n) is 11.4. The minimum Gasteiger partial charge on any atom is -0.481 e. The lowest BCUT2D eigenvalue weighted by atomic mass is 9.90. The van der Waals surface area contributed by atoms with E-state index in [4.69, 9.17) is 0 Å². The number of hydrogen-bond donors (Lipinski definition) is 1. The van der Waals surface area contributed by atoms with Gasteiger partial charge in [-0.15, -0.1) is 0 Å². The summed E-state index contributed by atoms with van der Waals surface area (Å²) in [5, 5.41) is 9.45. The van der Waals surface area contributed by atoms with Crippen molar-refractivity contribution >= 4 is 21.8 Å². The van der Waals surface area contributed by atoms with Crippen LogP contribution in [0.25, 0.3) is 0 Å². The third-order valence-electron chi connectivity index (χ3n) is 9.03. The Hall–Kier alpha value is -3.43. The standard InChI is InChI=1S/C28H26F8N2O5S/c29-19-5-9-22(10-6-19)44(42,43)25(17-1-3-18(4-2-17)26(30,27(31,32)33)28(34,35)36)11-12-37(15-25)24(41)38-20-7-8-21(38)14-16(13-20)23(39)40/h1-6,9-10,16,20-21H,7-8,11-15H2,(H,39,40). The van der Waals surface area contributed by atoms with Crippen molar-refractivity contribution < 1.29 is 58.2 Å². The van der Waals surface area contributed by atoms with E-state index in [0.29, 0.717) is 25.0 Å². The van der Waals surface area contributed by atoms with Crippen molar-refractivity contribution in [1.29, 1.82) is 0 Å². The van der Waals surface area contributed by atoms with Crippen LogP contribution in [0.3, 0.4) is 0 Å². The second-order valence-corrected chi connectivity index (χ2v) is 13.7. The number of urea groups is 1. The first-order chi connectivity index (χ1) is 20.3. The number of benzene rings is 2. The van der Waals surface area contributed by atoms with Crippen LogP contribution in [0.4, 0.5) is 39.9 Å². The van der Waals surface area contributed by atoms with E-state index >= 15 is 0 Å². The van der Waals surface area contributed by atoms with Gasteiger partial charge < -0.3 is 14.9 Å². The van der Waals surface area contributed by atoms with Crippen LogP contribution in [0.15, 0.2) is 53.4 Å². The second kappa shape index (κ2) is 10.6. The first-order valence-corrected chi connectivity index (χ1v) is 15.1. The number of halogens is 8. The average Bonchev–Trinajstić information content (AvgIpc) is 3.51. The fourth-order valence-electron chi connectivity index (χ4n) is 6.74. The van der Waals surface area contributed by atoms with Gasteiger partial charge in [0.1, 0.15) is 10.6 Å². The molecule has 3 fully saturated rings. The van der Waals surface area contributed by atoms with Gasteiger partial charge in [-0.1, -0.05) is 24.3 Å². The summed E-state index contributed by atoms with van der Waals surface area (Å²) in [6.07, 6.45) is -11.6. The maximum absolute atomic E-state index is 14.7. The van der Waals surface area contributed by atoms with E-state index in [1.165, 1.54) is 9.80 Å². The molecule has 2 amide bonds. The summed E-state index contributed by atoms with van der Waals surface area (Å²) in [6.45, 7) is -0.750. The number of likely N-dealkylation sites (tertiary alicyclic amines) is 1. The number of amides is 2. The Bertz CT molecular complexity index is 1520. The molecule has 2 aromatic carbocycles. The number of carboxylic acid groups (broad SMARTS) is 1. The van der Waals surface area contributed by atoms with Crippen LogP contribution in [0, 0.1) is 11.7 Å². The molecule has 5 rings (SSSR count). The summed E-state index contributed by atoms with van der Waals surface area (Å²) in [4.78, 5) is 27.6. The number of fused-ring (bicyclic) bond motifs is 2. The Morgan fingerprint density at radius 3 is 1.84 bits per heavy atom. The molecule has 7 nitrogen and oxygen atoms in total. The summed E-state index contributed by atoms with van der Waals surface area (Å²) < 4.78 is 135. The van der Waals surface area contributed by atoms with Crippen LogP contribution >= 0.6 is 0 Å². The van der Waals surface area contributed by atoms with Crippen molar-refractivity contribution in [1.82, 2.24) is 9.80 Å². The predicted molar refractivity (Wildman–Crippen MR) is 137 cm³/mol. The van der Waals surface area contributed by atoms with Crippen LogP contribution < -0.4 is 0 Å². The van der Waals surface area contributed by atoms with Crippen LogP contribution in [0.1, 0.15) is 43.2 Å². The van der Waals surface area contributed by atoms with E-state index in [2.05, 4.69) is 0 Å². The lowest BCUT2D eigenvalue weighted by molar-refractivity contribution is -0.348. The van der Waals surface area contributed by atoms with Crippen molar-refractivity contribution in [3.05, 3.63) is 65.5 Å². The Labute approximate surface area is 246 Å². The number of hydrogen-bond acceptors (Lipinski definition) is 4. The minimum absolute atomic E-state index is 0.183. The van der Waals surface area contributed by atoms with Crippen molar-refractivity contribution in [2.45, 2.75) is 71.9 Å². The van der Waals surface area contributed by atoms with Crippen molar-refractivity contribution in [3.8, 4) is 0 Å². The highest BCUT2D eigenvalue weighted by Crippen LogP contribution is 2.54. The van der Waals surface area contributed by atoms with Crippen LogP contribution in [0.5, 0.6) is 0 Å². The number of carboxylic acids is 1. The molecule has 0 aromatic heterocycles. The smallest absolute Gasteiger partial charge is 0.435 e. The molecule has 0 spiro atoms. The third kappa shape index (κ3) is 4.88. The van der Waals surface area contributed by atoms with E-state index < -0.39 is 85.4 Å². The third-order valence-corrected chi connectivity index (χ3v) is 11.5. The molecular formula is C28H26F8N2O5S. The molecule has 44 heavy (non-hydrogen) atoms. The summed E-state index contributed by atoms with van der Waals surface area (Å²) in [6, 6.07) is 3.98. The lowest BCUT2D eigenvalue weighted by Gasteiger charge is -2.40. The number of nitrogens with zero attached hydrogens (tertiary/aromatic N) is 2. The maximum Gasteiger partial charge on any atom is 0.435 e. The maximum atomic E-state index is 14.7. The van der Waals surface area contributed by atoms with E-state index in [9.17, 15) is 58.2 Å². The normalized spacial score (nSPS) is 26.2. The number of carbonyl (C=O) groups excluding carboxylic acids is 1. The molecule has 3 aliphatic rings. The monoisotopic (exact) mass is 654 g/mol. The zero-order valence-electron chi connectivity index (χ0n) is 22.7. The van der Waals surface area contributed by atoms with Gasteiger partial charge in [-0.05, 0) is 61.9 Å². The van der Waals surface area contributed by atoms with E-state index in [1.54, 1.807) is 0 Å². The topological polar surface area (TPSA) is 95.0 Å². The van der Waals surface area contributed by atoms with Gasteiger partial charge in [0.15, 0.2) is 9.84 Å². The van der Waals surface area contributed by atoms with Crippen LogP contribution in [0.2, 0.25) is 0 Å². The minimum atomic E-state index is -6.38. The molecule has 0 aliphatic carbocycles. The van der Waals surface area contributed by atoms with Gasteiger partial charge in [0.05, 0.1) is 10.8 Å². The first kappa shape index (κ1) is 32.0. The van der Waals surface area contributed by atoms with Crippen molar-refractivity contribution in [3.63, 3.8) is 0 Å². The van der Waals surface area contributed by atoms with Gasteiger partial charge in [0.25, 0.3) is 0 Å². The number of sulfone groups is 1. The van der Waals surface area contributed by atoms with Gasteiger partial charge >= 0.3 is 30.0 Å². The van der Waals surface area contributed by atoms with Crippen LogP contribution in [-0.4, -0.2) is 72.9 Å². The Morgan fingerprint density at radius 1 is 0.841 bits per heavy atom. The van der Waals surface area contributed by atoms with Gasteiger partial charge in [0.2, 0.25) is 0 Å². The lowest BCUT2D eigenvalue weighted by Crippen LogP contribution is -2.53. The van der Waals surface area contributed by atoms with Crippen molar-refractivity contribution in [2.75, 3.05) is 13.1 Å². The summed E-state index contributed by atoms with van der Waals surface area (Å²) in [5.41, 5.74) is -7.83. The Balaban J connectivity index is 1.54. The summed E-state index contributed by atoms with van der Waals surface area (Å²) in [7, 11) is -4.60. The highest BCUT2D eigenvalue weighted by Gasteiger charge is 2.73. The zero-order chi connectivity index (χ0) is 32.5. The van der Waals surface area contributed by atoms with Gasteiger partial charge in [0, 0.05) is 30.7 Å². The molecule has 16 heteroatoms. The zero-order valence-corrected chi connectivity index (χ0v) is 23.5. The van der Waals surface area contributed by atoms with E-state index in [0.717, 1.165) is 24.3 Å². The highest BCUT2D eigenvalue weighted by atomic mass is 32.2. The number of carbonyl (C=O) groups is 2. The van der Waals surface area contributed by atoms with Gasteiger partial charge in [-0.2, -0.15) is 26.3 Å². The molecule has 3 aliphatic heterocycles. The SMILES string of the molecule is O=C(O)C1CC2CCC(C1)N2C(=O)N1CCC(c2ccc(C(F)(C(F)(F)F)C(F)(F)F)cc2)(S(=O)(=O)c2ccc(F)cc2)C1. The van der Waals surface area contributed by atoms with Gasteiger partial charge in [-0.25, -0.2) is 22.0 Å². The highest BCUT2D eigenvalue weighted by molar-refractivity contribution is 7.92. The fraction of sp³-hybridized carbons (Fsp3) is 0.500. The first-order valence-electron chi connectivity index (χ1n) is 13.6. The summed E-state index contributed by atoms with van der Waals surface area (Å²) in [5.74, 6) is -2.41. The summed E-state index contributed by atoms with van der Waals surface area (Å²) >= 11 is 0. The molecule has 3 unspecified atom stereocenters. The number of rotatable bonds is 5. The molecule has 2 bridgehead atoms. The molecule has 3 heterocycles. The van der Waals surface area contributed by atoms with Gasteiger partial charge in [-0.3, -0.25) is 4.79 Å². The Kier molecular flexibility index (Phi) is 7.69. The quantitative estimate of drug-likeness (QED) is 0.319. The molecule has 3 saturated heterocycles. The molecule has 0 saturated carbocycles. The van der Waals surface area contributed by atoms with Crippen LogP contribution in [-0.2, 0) is 25.0 Å². The van der Waals surface area contributed by atoms with E-state index in [-0.39, 0.29) is 43.5 Å². The fourth-order valence-corrected chi connectivity index (χ4v) is 8.82. The number of alkyl halides is 7. The van der Waals surface area contributed by atoms with E-state index in [1.807, 2.05) is 0 Å². The molecular weight excluding hydrogens is 628 g/mol.